The fourth-order valence-electron chi connectivity index (χ4n) is 0.881. The molecule has 0 amide bonds. The number of hydrazine groups is 1. The summed E-state index contributed by atoms with van der Waals surface area (Å²) in [4.78, 5) is 10.1. The van der Waals surface area contributed by atoms with Crippen LogP contribution in [-0.2, 0) is 4.79 Å². The molecular weight excluding hydrogens is 156 g/mol. The third kappa shape index (κ3) is 9.39. The van der Waals surface area contributed by atoms with E-state index in [1.165, 1.54) is 0 Å². The predicted molar refractivity (Wildman–Crippen MR) is 47.8 cm³/mol. The summed E-state index contributed by atoms with van der Waals surface area (Å²) in [6, 6.07) is 0. The lowest BCUT2D eigenvalue weighted by Crippen LogP contribution is -2.31. The minimum atomic E-state index is -0.699. The summed E-state index contributed by atoms with van der Waals surface area (Å²) in [5.41, 5.74) is 3.12. The number of nitrogens with zero attached hydrogens (tertiary/aromatic N) is 1. The Hall–Kier alpha value is -0.610. The number of hydrogen-bond donors (Lipinski definition) is 2. The van der Waals surface area contributed by atoms with Crippen molar-refractivity contribution in [3.63, 3.8) is 0 Å². The molecule has 0 aliphatic rings. The monoisotopic (exact) mass is 174 g/mol. The summed E-state index contributed by atoms with van der Waals surface area (Å²) < 4.78 is 0. The second kappa shape index (κ2) is 7.06. The smallest absolute Gasteiger partial charge is 0.303 e. The Labute approximate surface area is 73.5 Å². The Kier molecular flexibility index (Phi) is 6.70. The number of aliphatic carboxylic acids is 1. The SMILES string of the molecule is CN(C)NCCCCCC(=O)O. The first kappa shape index (κ1) is 11.4. The first-order valence-corrected chi connectivity index (χ1v) is 4.25. The minimum absolute atomic E-state index is 0.294. The maximum atomic E-state index is 10.1. The van der Waals surface area contributed by atoms with Crippen LogP contribution in [0.5, 0.6) is 0 Å². The third-order valence-electron chi connectivity index (χ3n) is 1.50. The molecular formula is C8H18N2O2. The van der Waals surface area contributed by atoms with Gasteiger partial charge >= 0.3 is 5.97 Å². The summed E-state index contributed by atoms with van der Waals surface area (Å²) in [7, 11) is 3.88. The summed E-state index contributed by atoms with van der Waals surface area (Å²) in [5, 5.41) is 10.2. The summed E-state index contributed by atoms with van der Waals surface area (Å²) in [6.45, 7) is 0.923. The number of rotatable bonds is 7. The molecule has 0 bridgehead atoms. The fourth-order valence-corrected chi connectivity index (χ4v) is 0.881. The van der Waals surface area contributed by atoms with Crippen molar-refractivity contribution in [3.8, 4) is 0 Å². The predicted octanol–water partition coefficient (Wildman–Crippen LogP) is 0.698. The summed E-state index contributed by atoms with van der Waals surface area (Å²) >= 11 is 0. The molecule has 0 heterocycles. The number of unbranched alkanes of at least 4 members (excludes halogenated alkanes) is 2. The Morgan fingerprint density at radius 1 is 1.33 bits per heavy atom. The maximum absolute atomic E-state index is 10.1. The van der Waals surface area contributed by atoms with E-state index in [9.17, 15) is 4.79 Å². The van der Waals surface area contributed by atoms with E-state index in [2.05, 4.69) is 5.43 Å². The molecule has 0 saturated carbocycles. The highest BCUT2D eigenvalue weighted by atomic mass is 16.4. The number of carboxylic acid groups (broad SMARTS) is 1. The van der Waals surface area contributed by atoms with Gasteiger partial charge in [0.1, 0.15) is 0 Å². The van der Waals surface area contributed by atoms with Crippen molar-refractivity contribution in [2.45, 2.75) is 25.7 Å². The van der Waals surface area contributed by atoms with Crippen LogP contribution in [0.2, 0.25) is 0 Å². The van der Waals surface area contributed by atoms with Crippen LogP contribution in [0.3, 0.4) is 0 Å². The van der Waals surface area contributed by atoms with E-state index in [0.29, 0.717) is 6.42 Å². The standard InChI is InChI=1S/C8H18N2O2/c1-10(2)9-7-5-3-4-6-8(11)12/h9H,3-7H2,1-2H3,(H,11,12). The van der Waals surface area contributed by atoms with Crippen molar-refractivity contribution in [1.29, 1.82) is 0 Å². The Bertz CT molecular complexity index is 126. The number of nitrogens with one attached hydrogen (secondary N) is 1. The van der Waals surface area contributed by atoms with Crippen LogP contribution in [-0.4, -0.2) is 36.7 Å². The lowest BCUT2D eigenvalue weighted by atomic mass is 10.2. The van der Waals surface area contributed by atoms with Gasteiger partial charge in [-0.3, -0.25) is 15.2 Å². The number of carbonyl (C=O) groups is 1. The van der Waals surface area contributed by atoms with Gasteiger partial charge in [0, 0.05) is 27.1 Å². The molecule has 2 N–H and O–H groups in total. The van der Waals surface area contributed by atoms with Gasteiger partial charge in [-0.15, -0.1) is 0 Å². The summed E-state index contributed by atoms with van der Waals surface area (Å²) in [5.74, 6) is -0.699. The van der Waals surface area contributed by atoms with Gasteiger partial charge < -0.3 is 5.11 Å². The van der Waals surface area contributed by atoms with E-state index >= 15 is 0 Å². The van der Waals surface area contributed by atoms with E-state index in [-0.39, 0.29) is 0 Å². The molecule has 0 rings (SSSR count). The Balaban J connectivity index is 2.96. The maximum Gasteiger partial charge on any atom is 0.303 e. The van der Waals surface area contributed by atoms with Crippen molar-refractivity contribution in [2.75, 3.05) is 20.6 Å². The Morgan fingerprint density at radius 2 is 2.00 bits per heavy atom. The number of hydrogen-bond acceptors (Lipinski definition) is 3. The van der Waals surface area contributed by atoms with Crippen molar-refractivity contribution in [2.24, 2.45) is 0 Å². The molecule has 0 radical (unpaired) electrons. The molecule has 4 heteroatoms. The van der Waals surface area contributed by atoms with Crippen molar-refractivity contribution in [3.05, 3.63) is 0 Å². The second-order valence-corrected chi connectivity index (χ2v) is 3.01. The lowest BCUT2D eigenvalue weighted by Gasteiger charge is -2.10. The minimum Gasteiger partial charge on any atom is -0.481 e. The normalized spacial score (nSPS) is 10.6. The highest BCUT2D eigenvalue weighted by molar-refractivity contribution is 5.66. The van der Waals surface area contributed by atoms with Crippen molar-refractivity contribution >= 4 is 5.97 Å². The lowest BCUT2D eigenvalue weighted by molar-refractivity contribution is -0.137. The zero-order valence-corrected chi connectivity index (χ0v) is 7.84. The number of carboxylic acids is 1. The molecule has 0 fully saturated rings. The molecule has 0 aliphatic carbocycles. The van der Waals surface area contributed by atoms with Gasteiger partial charge in [0.2, 0.25) is 0 Å². The topological polar surface area (TPSA) is 52.6 Å². The van der Waals surface area contributed by atoms with E-state index in [1.54, 1.807) is 0 Å². The molecule has 0 aromatic rings. The van der Waals surface area contributed by atoms with Crippen LogP contribution in [0.4, 0.5) is 0 Å². The van der Waals surface area contributed by atoms with Crippen molar-refractivity contribution in [1.82, 2.24) is 10.4 Å². The molecule has 0 spiro atoms. The third-order valence-corrected chi connectivity index (χ3v) is 1.50. The molecule has 0 aliphatic heterocycles. The van der Waals surface area contributed by atoms with Gasteiger partial charge in [-0.25, -0.2) is 0 Å². The zero-order valence-electron chi connectivity index (χ0n) is 7.84. The molecule has 12 heavy (non-hydrogen) atoms. The van der Waals surface area contributed by atoms with Gasteiger partial charge in [0.15, 0.2) is 0 Å². The van der Waals surface area contributed by atoms with Crippen LogP contribution in [0, 0.1) is 0 Å². The fraction of sp³-hybridized carbons (Fsp3) is 0.875. The van der Waals surface area contributed by atoms with Gasteiger partial charge in [0.25, 0.3) is 0 Å². The largest absolute Gasteiger partial charge is 0.481 e. The van der Waals surface area contributed by atoms with Crippen LogP contribution in [0.25, 0.3) is 0 Å². The molecule has 0 unspecified atom stereocenters. The quantitative estimate of drug-likeness (QED) is 0.440. The average molecular weight is 174 g/mol. The first-order valence-electron chi connectivity index (χ1n) is 4.25. The first-order chi connectivity index (χ1) is 5.63. The molecule has 72 valence electrons. The second-order valence-electron chi connectivity index (χ2n) is 3.01. The van der Waals surface area contributed by atoms with Gasteiger partial charge in [-0.1, -0.05) is 6.42 Å². The van der Waals surface area contributed by atoms with Crippen LogP contribution in [0.15, 0.2) is 0 Å². The average Bonchev–Trinajstić information content (AvgIpc) is 1.95. The molecule has 4 nitrogen and oxygen atoms in total. The van der Waals surface area contributed by atoms with Gasteiger partial charge in [0.05, 0.1) is 0 Å². The van der Waals surface area contributed by atoms with Gasteiger partial charge in [-0.05, 0) is 12.8 Å². The Morgan fingerprint density at radius 3 is 2.50 bits per heavy atom. The van der Waals surface area contributed by atoms with E-state index in [4.69, 9.17) is 5.11 Å². The van der Waals surface area contributed by atoms with E-state index < -0.39 is 5.97 Å². The molecule has 0 atom stereocenters. The summed E-state index contributed by atoms with van der Waals surface area (Å²) in [6.07, 6.45) is 3.09. The van der Waals surface area contributed by atoms with Crippen LogP contribution >= 0.6 is 0 Å². The van der Waals surface area contributed by atoms with E-state index in [0.717, 1.165) is 25.8 Å². The van der Waals surface area contributed by atoms with Crippen LogP contribution in [0.1, 0.15) is 25.7 Å². The van der Waals surface area contributed by atoms with E-state index in [1.807, 2.05) is 19.1 Å². The van der Waals surface area contributed by atoms with Crippen LogP contribution < -0.4 is 5.43 Å². The van der Waals surface area contributed by atoms with Crippen molar-refractivity contribution < 1.29 is 9.90 Å². The van der Waals surface area contributed by atoms with Gasteiger partial charge in [-0.2, -0.15) is 0 Å². The highest BCUT2D eigenvalue weighted by Crippen LogP contribution is 1.98. The molecule has 0 aromatic carbocycles. The zero-order chi connectivity index (χ0) is 9.40. The highest BCUT2D eigenvalue weighted by Gasteiger charge is 1.95. The molecule has 0 saturated heterocycles. The molecule has 0 aromatic heterocycles.